The second-order valence-electron chi connectivity index (χ2n) is 2.75. The molecule has 0 saturated carbocycles. The average molecular weight is 208 g/mol. The summed E-state index contributed by atoms with van der Waals surface area (Å²) in [6.45, 7) is 0.00271. The summed E-state index contributed by atoms with van der Waals surface area (Å²) in [7, 11) is 0. The fourth-order valence-electron chi connectivity index (χ4n) is 1.16. The Labute approximate surface area is 85.0 Å². The van der Waals surface area contributed by atoms with Crippen LogP contribution in [0.5, 0.6) is 0 Å². The largest absolute Gasteiger partial charge is 0.392 e. The lowest BCUT2D eigenvalue weighted by Gasteiger charge is -2.01. The van der Waals surface area contributed by atoms with Gasteiger partial charge in [-0.15, -0.1) is 0 Å². The molecule has 0 atom stereocenters. The van der Waals surface area contributed by atoms with E-state index in [9.17, 15) is 0 Å². The molecule has 6 heteroatoms. The number of H-pyrrole nitrogens is 1. The zero-order chi connectivity index (χ0) is 9.97. The van der Waals surface area contributed by atoms with E-state index in [0.717, 1.165) is 11.3 Å². The summed E-state index contributed by atoms with van der Waals surface area (Å²) in [5.74, 6) is 0. The lowest BCUT2D eigenvalue weighted by Crippen LogP contribution is -1.97. The molecule has 0 unspecified atom stereocenters. The molecule has 2 aromatic rings. The topological polar surface area (TPSA) is 66.7 Å². The van der Waals surface area contributed by atoms with Crippen molar-refractivity contribution in [1.82, 2.24) is 20.2 Å². The molecule has 14 heavy (non-hydrogen) atoms. The second kappa shape index (κ2) is 3.69. The van der Waals surface area contributed by atoms with Gasteiger partial charge < -0.3 is 5.11 Å². The van der Waals surface area contributed by atoms with Crippen LogP contribution >= 0.6 is 12.2 Å². The smallest absolute Gasteiger partial charge is 0.242 e. The van der Waals surface area contributed by atoms with Crippen molar-refractivity contribution in [2.24, 2.45) is 0 Å². The van der Waals surface area contributed by atoms with Crippen LogP contribution in [0.15, 0.2) is 24.3 Å². The van der Waals surface area contributed by atoms with E-state index in [2.05, 4.69) is 15.5 Å². The van der Waals surface area contributed by atoms with Crippen molar-refractivity contribution in [3.05, 3.63) is 34.6 Å². The Kier molecular flexibility index (Phi) is 2.38. The Morgan fingerprint density at radius 2 is 2.36 bits per heavy atom. The SMILES string of the molecule is OCc1cccc(-n2[nH]nnc2=S)c1. The van der Waals surface area contributed by atoms with Crippen molar-refractivity contribution < 1.29 is 5.11 Å². The van der Waals surface area contributed by atoms with E-state index in [1.165, 1.54) is 0 Å². The summed E-state index contributed by atoms with van der Waals surface area (Å²) >= 11 is 4.94. The maximum atomic E-state index is 8.95. The molecular weight excluding hydrogens is 200 g/mol. The predicted molar refractivity (Wildman–Crippen MR) is 52.5 cm³/mol. The molecule has 0 aliphatic carbocycles. The molecule has 72 valence electrons. The summed E-state index contributed by atoms with van der Waals surface area (Å²) in [4.78, 5) is 0. The van der Waals surface area contributed by atoms with Crippen LogP contribution in [-0.4, -0.2) is 25.3 Å². The molecular formula is C8H8N4OS. The van der Waals surface area contributed by atoms with Crippen LogP contribution < -0.4 is 0 Å². The van der Waals surface area contributed by atoms with Gasteiger partial charge in [0, 0.05) is 0 Å². The Bertz CT molecular complexity index is 490. The molecule has 0 aliphatic rings. The molecule has 0 amide bonds. The third-order valence-corrected chi connectivity index (χ3v) is 2.09. The summed E-state index contributed by atoms with van der Waals surface area (Å²) in [5, 5.41) is 18.8. The van der Waals surface area contributed by atoms with Gasteiger partial charge >= 0.3 is 0 Å². The Balaban J connectivity index is 2.52. The van der Waals surface area contributed by atoms with E-state index >= 15 is 0 Å². The van der Waals surface area contributed by atoms with Crippen LogP contribution in [0.2, 0.25) is 0 Å². The monoisotopic (exact) mass is 208 g/mol. The van der Waals surface area contributed by atoms with Gasteiger partial charge in [-0.3, -0.25) is 0 Å². The fraction of sp³-hybridized carbons (Fsp3) is 0.125. The number of hydrogen-bond acceptors (Lipinski definition) is 4. The van der Waals surface area contributed by atoms with Crippen molar-refractivity contribution in [2.75, 3.05) is 0 Å². The molecule has 5 nitrogen and oxygen atoms in total. The standard InChI is InChI=1S/C8H8N4OS/c13-5-6-2-1-3-7(4-6)12-8(14)9-10-11-12/h1-4,13H,5H2,(H,9,11,14). The number of hydrogen-bond donors (Lipinski definition) is 2. The van der Waals surface area contributed by atoms with Crippen molar-refractivity contribution in [3.63, 3.8) is 0 Å². The molecule has 1 heterocycles. The first-order valence-electron chi connectivity index (χ1n) is 4.01. The maximum Gasteiger partial charge on any atom is 0.242 e. The number of aromatic amines is 1. The van der Waals surface area contributed by atoms with E-state index in [1.807, 2.05) is 24.3 Å². The fourth-order valence-corrected chi connectivity index (χ4v) is 1.35. The first-order chi connectivity index (χ1) is 6.81. The van der Waals surface area contributed by atoms with E-state index in [0.29, 0.717) is 4.77 Å². The van der Waals surface area contributed by atoms with Gasteiger partial charge in [0.25, 0.3) is 0 Å². The molecule has 2 rings (SSSR count). The van der Waals surface area contributed by atoms with Gasteiger partial charge in [0.1, 0.15) is 0 Å². The Hall–Kier alpha value is -1.53. The normalized spacial score (nSPS) is 10.4. The van der Waals surface area contributed by atoms with Gasteiger partial charge in [-0.1, -0.05) is 22.4 Å². The summed E-state index contributed by atoms with van der Waals surface area (Å²) < 4.78 is 1.93. The van der Waals surface area contributed by atoms with E-state index < -0.39 is 0 Å². The number of nitrogens with one attached hydrogen (secondary N) is 1. The number of tetrazole rings is 1. The van der Waals surface area contributed by atoms with Crippen LogP contribution in [0, 0.1) is 4.77 Å². The number of aromatic nitrogens is 4. The van der Waals surface area contributed by atoms with Gasteiger partial charge in [-0.05, 0) is 29.9 Å². The molecule has 0 aliphatic heterocycles. The van der Waals surface area contributed by atoms with Crippen LogP contribution in [0.3, 0.4) is 0 Å². The van der Waals surface area contributed by atoms with Crippen LogP contribution in [0.4, 0.5) is 0 Å². The third-order valence-electron chi connectivity index (χ3n) is 1.82. The summed E-state index contributed by atoms with van der Waals surface area (Å²) in [6, 6.07) is 7.34. The highest BCUT2D eigenvalue weighted by atomic mass is 32.1. The van der Waals surface area contributed by atoms with E-state index in [-0.39, 0.29) is 6.61 Å². The lowest BCUT2D eigenvalue weighted by molar-refractivity contribution is 0.282. The number of benzene rings is 1. The number of aliphatic hydroxyl groups excluding tert-OH is 1. The number of nitrogens with zero attached hydrogens (tertiary/aromatic N) is 3. The minimum absolute atomic E-state index is 0.00271. The van der Waals surface area contributed by atoms with Crippen LogP contribution in [-0.2, 0) is 6.61 Å². The first kappa shape index (κ1) is 9.04. The zero-order valence-electron chi connectivity index (χ0n) is 7.21. The second-order valence-corrected chi connectivity index (χ2v) is 3.11. The number of rotatable bonds is 2. The predicted octanol–water partition coefficient (Wildman–Crippen LogP) is 0.817. The van der Waals surface area contributed by atoms with Gasteiger partial charge in [-0.25, -0.2) is 4.68 Å². The Morgan fingerprint density at radius 3 is 3.00 bits per heavy atom. The van der Waals surface area contributed by atoms with E-state index in [4.69, 9.17) is 17.3 Å². The average Bonchev–Trinajstić information content (AvgIpc) is 2.65. The van der Waals surface area contributed by atoms with E-state index in [1.54, 1.807) is 4.68 Å². The highest BCUT2D eigenvalue weighted by Gasteiger charge is 1.99. The van der Waals surface area contributed by atoms with Crippen molar-refractivity contribution in [2.45, 2.75) is 6.61 Å². The highest BCUT2D eigenvalue weighted by molar-refractivity contribution is 7.71. The molecule has 0 spiro atoms. The summed E-state index contributed by atoms with van der Waals surface area (Å²) in [6.07, 6.45) is 0. The van der Waals surface area contributed by atoms with Gasteiger partial charge in [0.2, 0.25) is 4.77 Å². The molecule has 1 aromatic carbocycles. The molecule has 0 fully saturated rings. The minimum atomic E-state index is 0.00271. The van der Waals surface area contributed by atoms with Crippen molar-refractivity contribution >= 4 is 12.2 Å². The third kappa shape index (κ3) is 1.57. The molecule has 0 radical (unpaired) electrons. The van der Waals surface area contributed by atoms with Crippen molar-refractivity contribution in [3.8, 4) is 5.69 Å². The van der Waals surface area contributed by atoms with Crippen molar-refractivity contribution in [1.29, 1.82) is 0 Å². The van der Waals surface area contributed by atoms with Gasteiger partial charge in [0.15, 0.2) is 0 Å². The number of aliphatic hydroxyl groups is 1. The van der Waals surface area contributed by atoms with Gasteiger partial charge in [-0.2, -0.15) is 5.21 Å². The highest BCUT2D eigenvalue weighted by Crippen LogP contribution is 2.08. The maximum absolute atomic E-state index is 8.95. The van der Waals surface area contributed by atoms with Crippen LogP contribution in [0.1, 0.15) is 5.56 Å². The first-order valence-corrected chi connectivity index (χ1v) is 4.42. The molecule has 2 N–H and O–H groups in total. The summed E-state index contributed by atoms with van der Waals surface area (Å²) in [5.41, 5.74) is 1.63. The molecule has 0 bridgehead atoms. The lowest BCUT2D eigenvalue weighted by atomic mass is 10.2. The van der Waals surface area contributed by atoms with Crippen LogP contribution in [0.25, 0.3) is 5.69 Å². The Morgan fingerprint density at radius 1 is 1.50 bits per heavy atom. The molecule has 1 aromatic heterocycles. The quantitative estimate of drug-likeness (QED) is 0.717. The zero-order valence-corrected chi connectivity index (χ0v) is 8.03. The van der Waals surface area contributed by atoms with Gasteiger partial charge in [0.05, 0.1) is 12.3 Å². The minimum Gasteiger partial charge on any atom is -0.392 e. The molecule has 0 saturated heterocycles.